The van der Waals surface area contributed by atoms with Gasteiger partial charge in [-0.3, -0.25) is 4.90 Å². The highest BCUT2D eigenvalue weighted by Gasteiger charge is 2.29. The molecule has 0 saturated carbocycles. The first-order chi connectivity index (χ1) is 7.54. The Labute approximate surface area is 96.6 Å². The Morgan fingerprint density at radius 3 is 2.69 bits per heavy atom. The van der Waals surface area contributed by atoms with Crippen molar-refractivity contribution in [1.29, 1.82) is 0 Å². The molecule has 0 saturated heterocycles. The predicted molar refractivity (Wildman–Crippen MR) is 64.0 cm³/mol. The topological polar surface area (TPSA) is 32.7 Å². The van der Waals surface area contributed by atoms with Crippen molar-refractivity contribution in [3.8, 4) is 11.5 Å². The summed E-state index contributed by atoms with van der Waals surface area (Å²) in [6, 6.07) is 4.48. The molecule has 0 aliphatic carbocycles. The molecule has 16 heavy (non-hydrogen) atoms. The van der Waals surface area contributed by atoms with Crippen LogP contribution in [0.25, 0.3) is 0 Å². The Bertz CT molecular complexity index is 403. The zero-order valence-electron chi connectivity index (χ0n) is 10.3. The van der Waals surface area contributed by atoms with Crippen molar-refractivity contribution < 1.29 is 9.84 Å². The van der Waals surface area contributed by atoms with Crippen LogP contribution in [-0.4, -0.2) is 30.2 Å². The number of ether oxygens (including phenoxy) is 1. The van der Waals surface area contributed by atoms with Gasteiger partial charge in [-0.2, -0.15) is 0 Å². The van der Waals surface area contributed by atoms with Crippen LogP contribution in [0.2, 0.25) is 0 Å². The van der Waals surface area contributed by atoms with Crippen LogP contribution in [0.3, 0.4) is 0 Å². The molecule has 1 N–H and O–H groups in total. The third kappa shape index (κ3) is 1.65. The van der Waals surface area contributed by atoms with Gasteiger partial charge in [-0.15, -0.1) is 0 Å². The van der Waals surface area contributed by atoms with Gasteiger partial charge in [0.2, 0.25) is 0 Å². The monoisotopic (exact) mass is 221 g/mol. The molecule has 3 nitrogen and oxygen atoms in total. The van der Waals surface area contributed by atoms with E-state index in [0.717, 1.165) is 17.7 Å². The molecule has 1 aromatic rings. The number of phenolic OH excluding ortho intramolecular Hbond substituents is 1. The molecule has 0 fully saturated rings. The fourth-order valence-electron chi connectivity index (χ4n) is 2.48. The maximum Gasteiger partial charge on any atom is 0.124 e. The van der Waals surface area contributed by atoms with E-state index in [2.05, 4.69) is 25.8 Å². The van der Waals surface area contributed by atoms with E-state index in [0.29, 0.717) is 11.8 Å². The van der Waals surface area contributed by atoms with E-state index in [9.17, 15) is 5.11 Å². The van der Waals surface area contributed by atoms with Crippen molar-refractivity contribution >= 4 is 0 Å². The molecule has 2 atom stereocenters. The summed E-state index contributed by atoms with van der Waals surface area (Å²) in [6.07, 6.45) is 0.959. The number of nitrogens with zero attached hydrogens (tertiary/aromatic N) is 1. The second kappa shape index (κ2) is 3.98. The largest absolute Gasteiger partial charge is 0.507 e. The van der Waals surface area contributed by atoms with Gasteiger partial charge in [0.1, 0.15) is 11.5 Å². The first kappa shape index (κ1) is 11.3. The quantitative estimate of drug-likeness (QED) is 0.790. The lowest BCUT2D eigenvalue weighted by Gasteiger charge is -2.38. The van der Waals surface area contributed by atoms with Gasteiger partial charge in [0.25, 0.3) is 0 Å². The number of rotatable bonds is 1. The summed E-state index contributed by atoms with van der Waals surface area (Å²) in [6.45, 7) is 4.33. The maximum absolute atomic E-state index is 10.0. The second-order valence-corrected chi connectivity index (χ2v) is 4.61. The van der Waals surface area contributed by atoms with Crippen molar-refractivity contribution in [2.24, 2.45) is 0 Å². The van der Waals surface area contributed by atoms with E-state index in [4.69, 9.17) is 4.74 Å². The standard InChI is InChI=1S/C13H19NO2/c1-8-5-10-6-11(16-4)7-12(15)13(10)9(2)14(8)3/h6-9,15H,5H2,1-4H3/t8-,9-/m0/s1. The summed E-state index contributed by atoms with van der Waals surface area (Å²) in [5.74, 6) is 1.08. The molecule has 3 heteroatoms. The van der Waals surface area contributed by atoms with Gasteiger partial charge in [0.15, 0.2) is 0 Å². The molecule has 88 valence electrons. The lowest BCUT2D eigenvalue weighted by molar-refractivity contribution is 0.175. The van der Waals surface area contributed by atoms with Gasteiger partial charge in [-0.1, -0.05) is 0 Å². The Balaban J connectivity index is 2.52. The summed E-state index contributed by atoms with van der Waals surface area (Å²) in [5.41, 5.74) is 2.25. The minimum atomic E-state index is 0.254. The first-order valence-corrected chi connectivity index (χ1v) is 5.66. The van der Waals surface area contributed by atoms with Crippen LogP contribution in [0.15, 0.2) is 12.1 Å². The average molecular weight is 221 g/mol. The Kier molecular flexibility index (Phi) is 2.80. The van der Waals surface area contributed by atoms with Crippen molar-refractivity contribution in [3.63, 3.8) is 0 Å². The van der Waals surface area contributed by atoms with Gasteiger partial charge < -0.3 is 9.84 Å². The summed E-state index contributed by atoms with van der Waals surface area (Å²) in [5, 5.41) is 10.0. The van der Waals surface area contributed by atoms with E-state index >= 15 is 0 Å². The second-order valence-electron chi connectivity index (χ2n) is 4.61. The summed E-state index contributed by atoms with van der Waals surface area (Å²) in [7, 11) is 3.73. The molecule has 1 aliphatic heterocycles. The lowest BCUT2D eigenvalue weighted by atomic mass is 9.89. The van der Waals surface area contributed by atoms with Crippen LogP contribution < -0.4 is 4.74 Å². The third-order valence-corrected chi connectivity index (χ3v) is 3.69. The molecule has 0 amide bonds. The summed E-state index contributed by atoms with van der Waals surface area (Å²) in [4.78, 5) is 2.29. The number of aromatic hydroxyl groups is 1. The van der Waals surface area contributed by atoms with E-state index in [1.807, 2.05) is 6.07 Å². The zero-order chi connectivity index (χ0) is 11.9. The van der Waals surface area contributed by atoms with Gasteiger partial charge >= 0.3 is 0 Å². The Morgan fingerprint density at radius 1 is 1.38 bits per heavy atom. The minimum Gasteiger partial charge on any atom is -0.507 e. The number of fused-ring (bicyclic) bond motifs is 1. The lowest BCUT2D eigenvalue weighted by Crippen LogP contribution is -2.37. The van der Waals surface area contributed by atoms with Crippen LogP contribution in [0.1, 0.15) is 31.0 Å². The van der Waals surface area contributed by atoms with Crippen LogP contribution in [0.4, 0.5) is 0 Å². The Morgan fingerprint density at radius 2 is 2.06 bits per heavy atom. The SMILES string of the molecule is COc1cc(O)c2c(c1)C[C@H](C)N(C)[C@H]2C. The van der Waals surface area contributed by atoms with Crippen LogP contribution in [-0.2, 0) is 6.42 Å². The van der Waals surface area contributed by atoms with Crippen molar-refractivity contribution in [3.05, 3.63) is 23.3 Å². The molecule has 0 radical (unpaired) electrons. The Hall–Kier alpha value is -1.22. The number of likely N-dealkylation sites (N-methyl/N-ethyl adjacent to an activating group) is 1. The fourth-order valence-corrected chi connectivity index (χ4v) is 2.48. The normalized spacial score (nSPS) is 25.2. The van der Waals surface area contributed by atoms with E-state index in [1.165, 1.54) is 5.56 Å². The number of hydrogen-bond acceptors (Lipinski definition) is 3. The van der Waals surface area contributed by atoms with Crippen LogP contribution >= 0.6 is 0 Å². The van der Waals surface area contributed by atoms with Crippen molar-refractivity contribution in [1.82, 2.24) is 4.90 Å². The predicted octanol–water partition coefficient (Wildman–Crippen LogP) is 2.34. The van der Waals surface area contributed by atoms with E-state index < -0.39 is 0 Å². The van der Waals surface area contributed by atoms with Crippen molar-refractivity contribution in [2.75, 3.05) is 14.2 Å². The smallest absolute Gasteiger partial charge is 0.124 e. The molecular formula is C13H19NO2. The summed E-state index contributed by atoms with van der Waals surface area (Å²) >= 11 is 0. The van der Waals surface area contributed by atoms with Gasteiger partial charge in [-0.05, 0) is 38.9 Å². The average Bonchev–Trinajstić information content (AvgIpc) is 2.25. The molecule has 1 aromatic carbocycles. The molecular weight excluding hydrogens is 202 g/mol. The molecule has 1 aliphatic rings. The maximum atomic E-state index is 10.0. The molecule has 0 unspecified atom stereocenters. The number of phenols is 1. The number of methoxy groups -OCH3 is 1. The number of hydrogen-bond donors (Lipinski definition) is 1. The highest BCUT2D eigenvalue weighted by Crippen LogP contribution is 2.39. The third-order valence-electron chi connectivity index (χ3n) is 3.69. The fraction of sp³-hybridized carbons (Fsp3) is 0.538. The van der Waals surface area contributed by atoms with Crippen molar-refractivity contribution in [2.45, 2.75) is 32.4 Å². The highest BCUT2D eigenvalue weighted by molar-refractivity contribution is 5.48. The van der Waals surface area contributed by atoms with Crippen LogP contribution in [0, 0.1) is 0 Å². The zero-order valence-corrected chi connectivity index (χ0v) is 10.3. The molecule has 1 heterocycles. The molecule has 0 bridgehead atoms. The van der Waals surface area contributed by atoms with E-state index in [-0.39, 0.29) is 6.04 Å². The molecule has 0 spiro atoms. The van der Waals surface area contributed by atoms with Crippen LogP contribution in [0.5, 0.6) is 11.5 Å². The van der Waals surface area contributed by atoms with Gasteiger partial charge in [0, 0.05) is 23.7 Å². The molecule has 2 rings (SSSR count). The van der Waals surface area contributed by atoms with Gasteiger partial charge in [-0.25, -0.2) is 0 Å². The first-order valence-electron chi connectivity index (χ1n) is 5.66. The molecule has 0 aromatic heterocycles. The summed E-state index contributed by atoms with van der Waals surface area (Å²) < 4.78 is 5.18. The number of benzene rings is 1. The highest BCUT2D eigenvalue weighted by atomic mass is 16.5. The van der Waals surface area contributed by atoms with Gasteiger partial charge in [0.05, 0.1) is 7.11 Å². The minimum absolute atomic E-state index is 0.254. The van der Waals surface area contributed by atoms with E-state index in [1.54, 1.807) is 13.2 Å².